The topological polar surface area (TPSA) is 89.0 Å². The van der Waals surface area contributed by atoms with Gasteiger partial charge in [0.05, 0.1) is 11.1 Å². The fraction of sp³-hybridized carbons (Fsp3) is 0.0294. The van der Waals surface area contributed by atoms with Crippen LogP contribution in [0.3, 0.4) is 0 Å². The van der Waals surface area contributed by atoms with E-state index in [9.17, 15) is 13.2 Å². The van der Waals surface area contributed by atoms with Crippen molar-refractivity contribution >= 4 is 26.9 Å². The van der Waals surface area contributed by atoms with Crippen molar-refractivity contribution in [2.45, 2.75) is 11.4 Å². The lowest BCUT2D eigenvalue weighted by molar-refractivity contribution is 0.0945. The minimum atomic E-state index is -3.79. The summed E-state index contributed by atoms with van der Waals surface area (Å²) < 4.78 is 42.1. The highest BCUT2D eigenvalue weighted by molar-refractivity contribution is 7.94. The predicted molar refractivity (Wildman–Crippen MR) is 161 cm³/mol. The van der Waals surface area contributed by atoms with Gasteiger partial charge in [0.25, 0.3) is 5.91 Å². The molecule has 5 rings (SSSR count). The van der Waals surface area contributed by atoms with Crippen molar-refractivity contribution < 1.29 is 17.6 Å². The summed E-state index contributed by atoms with van der Waals surface area (Å²) in [6.07, 6.45) is 5.74. The van der Waals surface area contributed by atoms with Crippen LogP contribution in [0.25, 0.3) is 11.1 Å². The molecule has 0 fully saturated rings. The number of allylic oxidation sites excluding steroid dienone is 2. The van der Waals surface area contributed by atoms with Crippen molar-refractivity contribution in [1.29, 1.82) is 0 Å². The second-order valence-corrected chi connectivity index (χ2v) is 11.1. The molecule has 0 radical (unpaired) electrons. The van der Waals surface area contributed by atoms with Gasteiger partial charge in [0, 0.05) is 29.9 Å². The highest BCUT2D eigenvalue weighted by atomic mass is 32.2. The van der Waals surface area contributed by atoms with Gasteiger partial charge in [-0.2, -0.15) is 0 Å². The number of nitrogens with zero attached hydrogens (tertiary/aromatic N) is 2. The molecular weight excluding hydrogens is 549 g/mol. The molecule has 8 heteroatoms. The summed E-state index contributed by atoms with van der Waals surface area (Å²) in [4.78, 5) is 20.9. The molecular formula is C34H26FN3O3S. The zero-order valence-corrected chi connectivity index (χ0v) is 23.2. The van der Waals surface area contributed by atoms with Crippen molar-refractivity contribution in [2.24, 2.45) is 0 Å². The van der Waals surface area contributed by atoms with Crippen LogP contribution in [0.4, 0.5) is 4.39 Å². The fourth-order valence-corrected chi connectivity index (χ4v) is 5.51. The number of benzene rings is 4. The molecule has 4 aromatic carbocycles. The van der Waals surface area contributed by atoms with E-state index < -0.39 is 21.6 Å². The molecule has 1 aromatic heterocycles. The van der Waals surface area contributed by atoms with E-state index in [4.69, 9.17) is 0 Å². The average Bonchev–Trinajstić information content (AvgIpc) is 3.04. The Morgan fingerprint density at radius 3 is 2.07 bits per heavy atom. The zero-order chi connectivity index (χ0) is 29.4. The molecule has 1 amide bonds. The van der Waals surface area contributed by atoms with E-state index in [0.717, 1.165) is 11.1 Å². The van der Waals surface area contributed by atoms with E-state index in [1.165, 1.54) is 42.2 Å². The average molecular weight is 576 g/mol. The molecule has 0 bridgehead atoms. The molecule has 5 aromatic rings. The van der Waals surface area contributed by atoms with Crippen LogP contribution in [0.5, 0.6) is 0 Å². The predicted octanol–water partition coefficient (Wildman–Crippen LogP) is 6.49. The largest absolute Gasteiger partial charge is 0.346 e. The van der Waals surface area contributed by atoms with Crippen molar-refractivity contribution in [2.75, 3.05) is 0 Å². The van der Waals surface area contributed by atoms with Gasteiger partial charge in [0.1, 0.15) is 11.5 Å². The van der Waals surface area contributed by atoms with E-state index in [-0.39, 0.29) is 22.7 Å². The number of aromatic nitrogens is 2. The highest BCUT2D eigenvalue weighted by Gasteiger charge is 2.20. The monoisotopic (exact) mass is 575 g/mol. The van der Waals surface area contributed by atoms with E-state index in [2.05, 4.69) is 15.3 Å². The standard InChI is InChI=1S/C34H26FN3O3S/c35-31-18-10-17-29(30(31)23-38-34(39)32-24-36-20-21-37-32)33(26-13-6-2-7-14-26)28(25-11-4-1-5-12-25)19-22-42(40,41)27-15-8-3-9-16-27/h1-22,24H,23H2,(H,38,39)/b22-19+,33-28+. The summed E-state index contributed by atoms with van der Waals surface area (Å²) >= 11 is 0. The van der Waals surface area contributed by atoms with Gasteiger partial charge in [-0.05, 0) is 52.1 Å². The Hall–Kier alpha value is -5.21. The zero-order valence-electron chi connectivity index (χ0n) is 22.4. The lowest BCUT2D eigenvalue weighted by Crippen LogP contribution is -2.25. The van der Waals surface area contributed by atoms with E-state index >= 15 is 4.39 Å². The fourth-order valence-electron chi connectivity index (χ4n) is 4.50. The van der Waals surface area contributed by atoms with Crippen LogP contribution in [0.1, 0.15) is 32.7 Å². The van der Waals surface area contributed by atoms with Gasteiger partial charge in [0.15, 0.2) is 9.84 Å². The molecule has 42 heavy (non-hydrogen) atoms. The van der Waals surface area contributed by atoms with E-state index in [1.54, 1.807) is 36.4 Å². The van der Waals surface area contributed by atoms with Gasteiger partial charge < -0.3 is 5.32 Å². The molecule has 0 aliphatic heterocycles. The first kappa shape index (κ1) is 28.3. The third-order valence-electron chi connectivity index (χ3n) is 6.51. The van der Waals surface area contributed by atoms with Crippen LogP contribution in [0.2, 0.25) is 0 Å². The Balaban J connectivity index is 1.70. The smallest absolute Gasteiger partial charge is 0.271 e. The van der Waals surface area contributed by atoms with Crippen LogP contribution >= 0.6 is 0 Å². The minimum absolute atomic E-state index is 0.105. The van der Waals surface area contributed by atoms with Crippen molar-refractivity contribution in [3.63, 3.8) is 0 Å². The lowest BCUT2D eigenvalue weighted by atomic mass is 9.87. The Kier molecular flexibility index (Phi) is 8.75. The molecule has 1 N–H and O–H groups in total. The van der Waals surface area contributed by atoms with E-state index in [0.29, 0.717) is 16.7 Å². The summed E-state index contributed by atoms with van der Waals surface area (Å²) in [5.74, 6) is -1.02. The Bertz CT molecular complexity index is 1840. The number of halogens is 1. The van der Waals surface area contributed by atoms with Crippen LogP contribution in [-0.2, 0) is 16.4 Å². The summed E-state index contributed by atoms with van der Waals surface area (Å²) in [5, 5.41) is 3.91. The highest BCUT2D eigenvalue weighted by Crippen LogP contribution is 2.36. The molecule has 0 saturated heterocycles. The summed E-state index contributed by atoms with van der Waals surface area (Å²) in [6.45, 7) is -0.137. The van der Waals surface area contributed by atoms with Crippen LogP contribution in [-0.4, -0.2) is 24.3 Å². The second-order valence-electron chi connectivity index (χ2n) is 9.22. The van der Waals surface area contributed by atoms with Gasteiger partial charge in [-0.3, -0.25) is 9.78 Å². The van der Waals surface area contributed by atoms with Crippen molar-refractivity contribution in [3.8, 4) is 0 Å². The number of hydrogen-bond acceptors (Lipinski definition) is 5. The number of carbonyl (C=O) groups excluding carboxylic acids is 1. The Morgan fingerprint density at radius 2 is 1.43 bits per heavy atom. The van der Waals surface area contributed by atoms with E-state index in [1.807, 2.05) is 60.7 Å². The molecule has 208 valence electrons. The van der Waals surface area contributed by atoms with Crippen LogP contribution in [0, 0.1) is 5.82 Å². The quantitative estimate of drug-likeness (QED) is 0.160. The summed E-state index contributed by atoms with van der Waals surface area (Å²) in [5.41, 5.74) is 3.48. The Labute approximate surface area is 243 Å². The Morgan fingerprint density at radius 1 is 0.786 bits per heavy atom. The number of sulfone groups is 1. The third-order valence-corrected chi connectivity index (χ3v) is 7.94. The first-order valence-electron chi connectivity index (χ1n) is 13.1. The lowest BCUT2D eigenvalue weighted by Gasteiger charge is -2.19. The van der Waals surface area contributed by atoms with Gasteiger partial charge in [-0.25, -0.2) is 17.8 Å². The van der Waals surface area contributed by atoms with Crippen LogP contribution in [0.15, 0.2) is 144 Å². The van der Waals surface area contributed by atoms with Gasteiger partial charge in [-0.1, -0.05) is 91.0 Å². The van der Waals surface area contributed by atoms with Crippen LogP contribution < -0.4 is 5.32 Å². The first-order valence-corrected chi connectivity index (χ1v) is 14.6. The molecule has 0 spiro atoms. The number of nitrogens with one attached hydrogen (secondary N) is 1. The van der Waals surface area contributed by atoms with Crippen molar-refractivity contribution in [1.82, 2.24) is 15.3 Å². The second kappa shape index (κ2) is 13.0. The van der Waals surface area contributed by atoms with Gasteiger partial charge in [-0.15, -0.1) is 0 Å². The molecule has 1 heterocycles. The number of carbonyl (C=O) groups is 1. The third kappa shape index (κ3) is 6.56. The number of hydrogen-bond donors (Lipinski definition) is 1. The molecule has 0 saturated carbocycles. The maximum Gasteiger partial charge on any atom is 0.271 e. The molecule has 6 nitrogen and oxygen atoms in total. The molecule has 0 atom stereocenters. The molecule has 0 unspecified atom stereocenters. The molecule has 0 aliphatic carbocycles. The number of amides is 1. The maximum atomic E-state index is 15.5. The van der Waals surface area contributed by atoms with Gasteiger partial charge >= 0.3 is 0 Å². The SMILES string of the molecule is O=C(NCc1c(F)cccc1/C(=C(\C=C\S(=O)(=O)c1ccccc1)c1ccccc1)c1ccccc1)c1cnccn1. The number of rotatable bonds is 9. The normalized spacial score (nSPS) is 12.1. The minimum Gasteiger partial charge on any atom is -0.346 e. The maximum absolute atomic E-state index is 15.5. The summed E-state index contributed by atoms with van der Waals surface area (Å²) in [7, 11) is -3.79. The molecule has 0 aliphatic rings. The summed E-state index contributed by atoms with van der Waals surface area (Å²) in [6, 6.07) is 31.5. The van der Waals surface area contributed by atoms with Crippen molar-refractivity contribution in [3.05, 3.63) is 173 Å². The first-order chi connectivity index (χ1) is 20.4. The van der Waals surface area contributed by atoms with Gasteiger partial charge in [0.2, 0.25) is 0 Å².